The number of hydrogen-bond acceptors (Lipinski definition) is 6. The molecule has 0 atom stereocenters. The fraction of sp³-hybridized carbons (Fsp3) is 0.286. The number of nitrogens with zero attached hydrogens (tertiary/aromatic N) is 3. The van der Waals surface area contributed by atoms with Gasteiger partial charge in [0.15, 0.2) is 11.6 Å². The van der Waals surface area contributed by atoms with Gasteiger partial charge in [-0.3, -0.25) is 4.79 Å². The first-order valence-corrected chi connectivity index (χ1v) is 12.8. The maximum Gasteiger partial charge on any atom is 0.264 e. The number of methoxy groups -OCH3 is 2. The molecule has 0 saturated carbocycles. The Bertz CT molecular complexity index is 1410. The van der Waals surface area contributed by atoms with Crippen LogP contribution in [0.3, 0.4) is 0 Å². The largest absolute Gasteiger partial charge is 0.496 e. The molecule has 1 aliphatic heterocycles. The summed E-state index contributed by atoms with van der Waals surface area (Å²) in [6, 6.07) is 15.2. The van der Waals surface area contributed by atoms with Crippen LogP contribution in [0, 0.1) is 5.82 Å². The molecule has 36 heavy (non-hydrogen) atoms. The lowest BCUT2D eigenvalue weighted by molar-refractivity contribution is 0.0751. The van der Waals surface area contributed by atoms with Gasteiger partial charge in [-0.1, -0.05) is 25.1 Å². The third kappa shape index (κ3) is 4.26. The van der Waals surface area contributed by atoms with Crippen molar-refractivity contribution in [2.75, 3.05) is 45.3 Å². The lowest BCUT2D eigenvalue weighted by atomic mass is 9.97. The van der Waals surface area contributed by atoms with E-state index in [1.165, 1.54) is 11.3 Å². The Morgan fingerprint density at radius 1 is 1.00 bits per heavy atom. The van der Waals surface area contributed by atoms with Crippen LogP contribution in [0.25, 0.3) is 21.2 Å². The van der Waals surface area contributed by atoms with Crippen molar-refractivity contribution in [1.82, 2.24) is 9.88 Å². The lowest BCUT2D eigenvalue weighted by Crippen LogP contribution is -2.49. The number of hydrogen-bond donors (Lipinski definition) is 0. The molecular formula is C28H28FN3O3S. The number of fused-ring (bicyclic) bond motifs is 1. The summed E-state index contributed by atoms with van der Waals surface area (Å²) >= 11 is 1.23. The third-order valence-electron chi connectivity index (χ3n) is 6.65. The van der Waals surface area contributed by atoms with Crippen molar-refractivity contribution in [2.45, 2.75) is 13.3 Å². The van der Waals surface area contributed by atoms with Crippen molar-refractivity contribution in [3.63, 3.8) is 0 Å². The number of rotatable bonds is 6. The Morgan fingerprint density at radius 3 is 2.44 bits per heavy atom. The number of carbonyl (C=O) groups excluding carboxylic acids is 1. The molecule has 8 heteroatoms. The molecule has 0 N–H and O–H groups in total. The molecule has 6 nitrogen and oxygen atoms in total. The summed E-state index contributed by atoms with van der Waals surface area (Å²) in [4.78, 5) is 22.5. The van der Waals surface area contributed by atoms with Gasteiger partial charge in [0, 0.05) is 43.3 Å². The van der Waals surface area contributed by atoms with Gasteiger partial charge >= 0.3 is 0 Å². The summed E-state index contributed by atoms with van der Waals surface area (Å²) < 4.78 is 26.9. The Labute approximate surface area is 213 Å². The topological polar surface area (TPSA) is 54.9 Å². The molecule has 2 aromatic heterocycles. The fourth-order valence-corrected chi connectivity index (χ4v) is 5.84. The number of halogens is 1. The number of benzene rings is 2. The molecule has 0 aliphatic carbocycles. The highest BCUT2D eigenvalue weighted by Gasteiger charge is 2.27. The Balaban J connectivity index is 1.46. The van der Waals surface area contributed by atoms with Crippen molar-refractivity contribution in [1.29, 1.82) is 0 Å². The highest BCUT2D eigenvalue weighted by atomic mass is 32.1. The number of thiophene rings is 1. The van der Waals surface area contributed by atoms with E-state index in [0.717, 1.165) is 22.3 Å². The molecule has 0 bridgehead atoms. The smallest absolute Gasteiger partial charge is 0.264 e. The average molecular weight is 506 g/mol. The van der Waals surface area contributed by atoms with Gasteiger partial charge in [-0.05, 0) is 47.9 Å². The van der Waals surface area contributed by atoms with Crippen LogP contribution >= 0.6 is 11.3 Å². The molecule has 5 rings (SSSR count). The van der Waals surface area contributed by atoms with E-state index in [0.29, 0.717) is 59.2 Å². The SMILES string of the molecule is CCc1cc(-c2ccccc2OC)c2cc(C(=O)N3CCN(c4ncccc4OC)CC3)sc2c1F. The normalized spacial score (nSPS) is 13.8. The number of aromatic nitrogens is 1. The van der Waals surface area contributed by atoms with Crippen LogP contribution in [0.1, 0.15) is 22.2 Å². The van der Waals surface area contributed by atoms with Crippen LogP contribution in [-0.4, -0.2) is 56.2 Å². The van der Waals surface area contributed by atoms with Crippen LogP contribution in [0.5, 0.6) is 11.5 Å². The number of ether oxygens (including phenoxy) is 2. The second kappa shape index (κ2) is 10.1. The van der Waals surface area contributed by atoms with Gasteiger partial charge in [0.2, 0.25) is 0 Å². The Kier molecular flexibility index (Phi) is 6.78. The van der Waals surface area contributed by atoms with E-state index < -0.39 is 0 Å². The molecule has 1 amide bonds. The minimum absolute atomic E-state index is 0.0766. The standard InChI is InChI=1S/C28H28FN3O3S/c1-4-18-16-20(19-8-5-6-9-22(19)34-2)21-17-24(36-26(21)25(18)29)28(33)32-14-12-31(13-15-32)27-23(35-3)10-7-11-30-27/h5-11,16-17H,4,12-15H2,1-3H3. The van der Waals surface area contributed by atoms with Crippen molar-refractivity contribution >= 4 is 33.1 Å². The Hall–Kier alpha value is -3.65. The minimum atomic E-state index is -0.248. The predicted octanol–water partition coefficient (Wildman–Crippen LogP) is 5.64. The quantitative estimate of drug-likeness (QED) is 0.339. The maximum atomic E-state index is 15.4. The van der Waals surface area contributed by atoms with E-state index in [1.54, 1.807) is 20.4 Å². The maximum absolute atomic E-state index is 15.4. The van der Waals surface area contributed by atoms with Crippen LogP contribution in [-0.2, 0) is 6.42 Å². The summed E-state index contributed by atoms with van der Waals surface area (Å²) in [7, 11) is 3.26. The lowest BCUT2D eigenvalue weighted by Gasteiger charge is -2.35. The fourth-order valence-electron chi connectivity index (χ4n) is 4.72. The second-order valence-electron chi connectivity index (χ2n) is 8.61. The van der Waals surface area contributed by atoms with E-state index in [-0.39, 0.29) is 11.7 Å². The molecule has 1 aliphatic rings. The van der Waals surface area contributed by atoms with Gasteiger partial charge in [0.25, 0.3) is 5.91 Å². The van der Waals surface area contributed by atoms with Crippen LogP contribution in [0.2, 0.25) is 0 Å². The molecule has 0 unspecified atom stereocenters. The molecule has 0 spiro atoms. The van der Waals surface area contributed by atoms with E-state index in [9.17, 15) is 4.79 Å². The average Bonchev–Trinajstić information content (AvgIpc) is 3.39. The molecule has 1 fully saturated rings. The van der Waals surface area contributed by atoms with Gasteiger partial charge < -0.3 is 19.3 Å². The predicted molar refractivity (Wildman–Crippen MR) is 142 cm³/mol. The van der Waals surface area contributed by atoms with Crippen LogP contribution < -0.4 is 14.4 Å². The second-order valence-corrected chi connectivity index (χ2v) is 9.67. The van der Waals surface area contributed by atoms with Crippen molar-refractivity contribution in [3.05, 3.63) is 71.0 Å². The van der Waals surface area contributed by atoms with Gasteiger partial charge in [-0.15, -0.1) is 11.3 Å². The molecule has 1 saturated heterocycles. The third-order valence-corrected chi connectivity index (χ3v) is 7.76. The molecule has 186 valence electrons. The molecule has 2 aromatic carbocycles. The number of amides is 1. The Morgan fingerprint density at radius 2 is 1.72 bits per heavy atom. The molecule has 4 aromatic rings. The van der Waals surface area contributed by atoms with E-state index in [2.05, 4.69) is 9.88 Å². The first-order valence-electron chi connectivity index (χ1n) is 12.0. The summed E-state index contributed by atoms with van der Waals surface area (Å²) in [6.07, 6.45) is 2.30. The van der Waals surface area contributed by atoms with Crippen LogP contribution in [0.15, 0.2) is 54.7 Å². The first-order chi connectivity index (χ1) is 17.5. The van der Waals surface area contributed by atoms with Crippen molar-refractivity contribution in [2.24, 2.45) is 0 Å². The number of anilines is 1. The van der Waals surface area contributed by atoms with Crippen LogP contribution in [0.4, 0.5) is 10.2 Å². The van der Waals surface area contributed by atoms with E-state index in [1.807, 2.05) is 60.4 Å². The number of pyridine rings is 1. The van der Waals surface area contributed by atoms with Gasteiger partial charge in [-0.2, -0.15) is 0 Å². The zero-order chi connectivity index (χ0) is 25.2. The number of carbonyl (C=O) groups is 1. The zero-order valence-corrected chi connectivity index (χ0v) is 21.4. The van der Waals surface area contributed by atoms with Gasteiger partial charge in [-0.25, -0.2) is 9.37 Å². The number of para-hydroxylation sites is 1. The summed E-state index contributed by atoms with van der Waals surface area (Å²) in [5.74, 6) is 1.89. The van der Waals surface area contributed by atoms with Crippen molar-refractivity contribution in [3.8, 4) is 22.6 Å². The molecule has 3 heterocycles. The van der Waals surface area contributed by atoms with E-state index in [4.69, 9.17) is 9.47 Å². The minimum Gasteiger partial charge on any atom is -0.496 e. The summed E-state index contributed by atoms with van der Waals surface area (Å²) in [5.41, 5.74) is 2.39. The highest BCUT2D eigenvalue weighted by molar-refractivity contribution is 7.21. The molecular weight excluding hydrogens is 477 g/mol. The van der Waals surface area contributed by atoms with Crippen molar-refractivity contribution < 1.29 is 18.7 Å². The highest BCUT2D eigenvalue weighted by Crippen LogP contribution is 2.41. The summed E-state index contributed by atoms with van der Waals surface area (Å²) in [6.45, 7) is 4.32. The number of aryl methyl sites for hydroxylation is 1. The number of piperazine rings is 1. The molecule has 0 radical (unpaired) electrons. The monoisotopic (exact) mass is 505 g/mol. The van der Waals surface area contributed by atoms with Gasteiger partial charge in [0.05, 0.1) is 23.8 Å². The first kappa shape index (κ1) is 24.1. The zero-order valence-electron chi connectivity index (χ0n) is 20.6. The summed E-state index contributed by atoms with van der Waals surface area (Å²) in [5, 5.41) is 0.736. The van der Waals surface area contributed by atoms with Gasteiger partial charge in [0.1, 0.15) is 11.6 Å². The van der Waals surface area contributed by atoms with E-state index >= 15 is 4.39 Å².